The van der Waals surface area contributed by atoms with Crippen molar-refractivity contribution in [1.29, 1.82) is 0 Å². The minimum absolute atomic E-state index is 0. The van der Waals surface area contributed by atoms with Crippen molar-refractivity contribution in [2.75, 3.05) is 0 Å². The molecule has 3 aliphatic carbocycles. The molecule has 7 nitrogen and oxygen atoms in total. The summed E-state index contributed by atoms with van der Waals surface area (Å²) in [7, 11) is 0. The Morgan fingerprint density at radius 1 is 0.281 bits per heavy atom. The zero-order valence-corrected chi connectivity index (χ0v) is 79.7. The molecule has 0 N–H and O–H groups in total. The molecular weight excluding hydrogens is 2090 g/mol. The zero-order valence-electron chi connectivity index (χ0n) is 72.5. The maximum atomic E-state index is 11.0. The van der Waals surface area contributed by atoms with Gasteiger partial charge in [0.1, 0.15) is 0 Å². The van der Waals surface area contributed by atoms with Crippen molar-refractivity contribution in [2.45, 2.75) is 85.0 Å². The molecule has 23 rings (SSSR count). The first-order chi connectivity index (χ1) is 60.9. The second kappa shape index (κ2) is 39.0. The summed E-state index contributed by atoms with van der Waals surface area (Å²) in [6.07, 6.45) is 4.57. The van der Waals surface area contributed by atoms with Crippen LogP contribution >= 0.6 is 0 Å². The minimum Gasteiger partial charge on any atom is -0.304 e. The van der Waals surface area contributed by atoms with Crippen LogP contribution < -0.4 is 0 Å². The van der Waals surface area contributed by atoms with E-state index in [0.717, 1.165) is 96.0 Å². The van der Waals surface area contributed by atoms with Crippen LogP contribution in [0.25, 0.3) is 155 Å². The molecule has 0 saturated heterocycles. The summed E-state index contributed by atoms with van der Waals surface area (Å²) in [6.45, 7) is 19.8. The van der Waals surface area contributed by atoms with E-state index in [1.807, 2.05) is 152 Å². The molecule has 0 spiro atoms. The number of benzene rings is 14. The number of carbonyl (C=O) groups is 1. The number of ketones is 1. The summed E-state index contributed by atoms with van der Waals surface area (Å²) in [5.74, 6) is 0.0334. The van der Waals surface area contributed by atoms with E-state index < -0.39 is 0 Å². The van der Waals surface area contributed by atoms with Gasteiger partial charge < -0.3 is 9.97 Å². The average Bonchev–Trinajstić information content (AvgIpc) is 1.59. The molecule has 20 aromatic rings. The molecule has 0 unspecified atom stereocenters. The van der Waals surface area contributed by atoms with Gasteiger partial charge in [-0.1, -0.05) is 312 Å². The van der Waals surface area contributed by atoms with Crippen molar-refractivity contribution >= 4 is 60.2 Å². The van der Waals surface area contributed by atoms with E-state index in [2.05, 4.69) is 313 Å². The van der Waals surface area contributed by atoms with E-state index in [-0.39, 0.29) is 82.3 Å². The predicted molar refractivity (Wildman–Crippen MR) is 515 cm³/mol. The fourth-order valence-corrected chi connectivity index (χ4v) is 17.3. The van der Waals surface area contributed by atoms with Crippen LogP contribution in [0.4, 0.5) is 0 Å². The molecule has 0 bridgehead atoms. The van der Waals surface area contributed by atoms with E-state index in [1.54, 1.807) is 12.3 Å². The molecule has 0 saturated carbocycles. The standard InChI is InChI=1S/C26H22N.C25H20N.C24H18N.2C15H10N.C13H10NO.3Ir/c1-4-17-9-12-20-21-13-10-19(16-23(21)26(2,3)22(20)15-17)25-14-11-18-7-5-6-8-24(18)27-25;1-16-8-11-19-20-12-9-18(15-22(20)25(2,3)21(19)14-16)24-13-10-17-6-4-5-7-23(17)26-24;1-24(2)20-9-5-4-8-18(20)19-13-11-17(15-21(19)24)23-14-12-16-7-3-6-10-22(16)25-23;1-2-6-12(7-3-1)15-10-13-8-4-5-9-14(13)11-16-15;1-2-6-12(7-3-1)15-11-10-13-8-4-5-9-14(13)16-15;1-10(15)12-7-8-13(14-9-12)11-5-3-2-4-6-11;;;/h5-9,11-16H,4H2,1-3H3;4-8,10-15H,1-3H3;3-10,12-15H,1-2H3;2*1-6,8-11H;2-5,7-9H,1H3;;;/q6*-1;;;. The third-order valence-electron chi connectivity index (χ3n) is 24.3. The molecule has 6 heterocycles. The Morgan fingerprint density at radius 2 is 0.625 bits per heavy atom. The Labute approximate surface area is 791 Å². The fraction of sp³-hybridized carbons (Fsp3) is 0.110. The first kappa shape index (κ1) is 89.7. The number of aryl methyl sites for hydroxylation is 2. The number of pyridine rings is 6. The largest absolute Gasteiger partial charge is 0.304 e. The van der Waals surface area contributed by atoms with Crippen molar-refractivity contribution < 1.29 is 65.1 Å². The first-order valence-electron chi connectivity index (χ1n) is 42.6. The molecule has 0 atom stereocenters. The Hall–Kier alpha value is -13.1. The van der Waals surface area contributed by atoms with Gasteiger partial charge in [-0.15, -0.1) is 196 Å². The van der Waals surface area contributed by atoms with Gasteiger partial charge in [0.05, 0.1) is 22.1 Å². The molecule has 0 amide bonds. The van der Waals surface area contributed by atoms with Crippen LogP contribution in [0.2, 0.25) is 0 Å². The predicted octanol–water partition coefficient (Wildman–Crippen LogP) is 29.0. The van der Waals surface area contributed by atoms with Crippen LogP contribution in [-0.2, 0) is 83.0 Å². The fourth-order valence-electron chi connectivity index (χ4n) is 17.3. The molecule has 6 aromatic heterocycles. The molecular formula is C118H90Ir3N6O-6. The van der Waals surface area contributed by atoms with Crippen molar-refractivity contribution in [3.8, 4) is 101 Å². The maximum Gasteiger partial charge on any atom is 0.161 e. The number of Topliss-reactive ketones (excluding diaryl/α,β-unsaturated/α-hetero) is 1. The van der Waals surface area contributed by atoms with E-state index in [0.29, 0.717) is 5.56 Å². The smallest absolute Gasteiger partial charge is 0.161 e. The topological polar surface area (TPSA) is 94.4 Å². The summed E-state index contributed by atoms with van der Waals surface area (Å²) < 4.78 is 0. The van der Waals surface area contributed by atoms with Crippen molar-refractivity contribution in [1.82, 2.24) is 29.9 Å². The number of aromatic nitrogens is 6. The quantitative estimate of drug-likeness (QED) is 0.110. The maximum absolute atomic E-state index is 11.0. The number of nitrogens with zero attached hydrogens (tertiary/aromatic N) is 6. The summed E-state index contributed by atoms with van der Waals surface area (Å²) in [5, 5.41) is 7.05. The molecule has 631 valence electrons. The second-order valence-corrected chi connectivity index (χ2v) is 33.5. The van der Waals surface area contributed by atoms with E-state index >= 15 is 0 Å². The SMILES string of the molecule is CC(=O)c1ccc(-c2[c-]cccc2)nc1.CC1(C)c2ccccc2-c2c[c-]c(-c3ccc4ccccc4n3)cc21.CCc1ccc2c(c1)C(C)(C)c1cc(-c3ccc4ccccc4n3)[c-]cc1-2.Cc1ccc2c(c1)C(C)(C)c1cc(-c3ccc4ccccc4n3)[c-]cc1-2.[Ir].[Ir].[Ir].[c-]1ccccc1-c1cc2ccccc2cn1.[c-]1ccccc1-c1ccc2ccccc2n1. The van der Waals surface area contributed by atoms with Crippen LogP contribution in [0.1, 0.15) is 110 Å². The van der Waals surface area contributed by atoms with E-state index in [1.165, 1.54) is 117 Å². The van der Waals surface area contributed by atoms with Gasteiger partial charge in [0, 0.05) is 78.3 Å². The minimum atomic E-state index is -0.00343. The molecule has 128 heavy (non-hydrogen) atoms. The molecule has 3 radical (unpaired) electrons. The van der Waals surface area contributed by atoms with Gasteiger partial charge >= 0.3 is 0 Å². The van der Waals surface area contributed by atoms with Crippen LogP contribution in [0.5, 0.6) is 0 Å². The Morgan fingerprint density at radius 3 is 1.05 bits per heavy atom. The third kappa shape index (κ3) is 18.7. The van der Waals surface area contributed by atoms with E-state index in [9.17, 15) is 4.79 Å². The van der Waals surface area contributed by atoms with Crippen molar-refractivity contribution in [3.63, 3.8) is 0 Å². The molecule has 10 heteroatoms. The summed E-state index contributed by atoms with van der Waals surface area (Å²) in [5.41, 5.74) is 35.6. The van der Waals surface area contributed by atoms with Gasteiger partial charge in [-0.3, -0.25) is 24.7 Å². The molecule has 3 aliphatic rings. The number of hydrogen-bond donors (Lipinski definition) is 0. The summed E-state index contributed by atoms with van der Waals surface area (Å²) in [6, 6.07) is 143. The molecule has 0 fully saturated rings. The van der Waals surface area contributed by atoms with E-state index in [4.69, 9.17) is 15.0 Å². The van der Waals surface area contributed by atoms with Crippen LogP contribution in [0, 0.1) is 43.3 Å². The molecule has 0 aliphatic heterocycles. The number of hydrogen-bond acceptors (Lipinski definition) is 7. The van der Waals surface area contributed by atoms with Crippen molar-refractivity contribution in [3.05, 3.63) is 457 Å². The van der Waals surface area contributed by atoms with Crippen LogP contribution in [0.15, 0.2) is 370 Å². The van der Waals surface area contributed by atoms with Gasteiger partial charge in [0.2, 0.25) is 0 Å². The zero-order chi connectivity index (χ0) is 85.8. The first-order valence-corrected chi connectivity index (χ1v) is 42.6. The van der Waals surface area contributed by atoms with Gasteiger partial charge in [-0.2, -0.15) is 0 Å². The van der Waals surface area contributed by atoms with Crippen molar-refractivity contribution in [2.24, 2.45) is 0 Å². The second-order valence-electron chi connectivity index (χ2n) is 33.5. The Bertz CT molecular complexity index is 7310. The Balaban J connectivity index is 0.000000119. The monoisotopic (exact) mass is 2190 g/mol. The van der Waals surface area contributed by atoms with Crippen LogP contribution in [-0.4, -0.2) is 35.7 Å². The number of carbonyl (C=O) groups excluding carboxylic acids is 1. The van der Waals surface area contributed by atoms with Gasteiger partial charge in [0.15, 0.2) is 5.78 Å². The average molecular weight is 2180 g/mol. The van der Waals surface area contributed by atoms with Gasteiger partial charge in [-0.05, 0) is 150 Å². The normalized spacial score (nSPS) is 12.5. The van der Waals surface area contributed by atoms with Gasteiger partial charge in [-0.25, -0.2) is 0 Å². The van der Waals surface area contributed by atoms with Gasteiger partial charge in [0.25, 0.3) is 0 Å². The third-order valence-corrected chi connectivity index (χ3v) is 24.3. The van der Waals surface area contributed by atoms with Crippen LogP contribution in [0.3, 0.4) is 0 Å². The number of fused-ring (bicyclic) bond motifs is 14. The summed E-state index contributed by atoms with van der Waals surface area (Å²) >= 11 is 0. The Kier molecular flexibility index (Phi) is 27.3. The molecule has 14 aromatic carbocycles. The summed E-state index contributed by atoms with van der Waals surface area (Å²) in [4.78, 5) is 38.9. The number of rotatable bonds is 8. The number of para-hydroxylation sites is 4.